The molecule has 4 aromatic heterocycles. The monoisotopic (exact) mass is 567 g/mol. The molecule has 0 radical (unpaired) electrons. The Morgan fingerprint density at radius 1 is 0.636 bits per heavy atom. The number of aromatic nitrogens is 5. The number of rotatable bonds is 7. The quantitative estimate of drug-likeness (QED) is 0.180. The highest BCUT2D eigenvalue weighted by Gasteiger charge is 2.16. The lowest BCUT2D eigenvalue weighted by Gasteiger charge is -2.12. The van der Waals surface area contributed by atoms with Crippen LogP contribution in [0.3, 0.4) is 0 Å². The van der Waals surface area contributed by atoms with Gasteiger partial charge in [0, 0.05) is 34.4 Å². The minimum atomic E-state index is 0.560. The number of nitrogens with zero attached hydrogens (tertiary/aromatic N) is 5. The van der Waals surface area contributed by atoms with Gasteiger partial charge in [0.15, 0.2) is 5.82 Å². The Hall–Kier alpha value is -5.94. The van der Waals surface area contributed by atoms with Crippen molar-refractivity contribution in [1.29, 1.82) is 0 Å². The van der Waals surface area contributed by atoms with Crippen LogP contribution in [0.5, 0.6) is 0 Å². The summed E-state index contributed by atoms with van der Waals surface area (Å²) in [6.07, 6.45) is 11.4. The van der Waals surface area contributed by atoms with E-state index in [0.717, 1.165) is 39.4 Å². The van der Waals surface area contributed by atoms with Gasteiger partial charge in [0.2, 0.25) is 0 Å². The van der Waals surface area contributed by atoms with Crippen molar-refractivity contribution in [3.8, 4) is 39.9 Å². The average molecular weight is 568 g/mol. The van der Waals surface area contributed by atoms with E-state index in [1.165, 1.54) is 21.9 Å². The van der Waals surface area contributed by atoms with Gasteiger partial charge < -0.3 is 4.57 Å². The second kappa shape index (κ2) is 11.7. The molecule has 0 aliphatic heterocycles. The minimum absolute atomic E-state index is 0.560. The van der Waals surface area contributed by atoms with Gasteiger partial charge in [0.25, 0.3) is 0 Å². The number of hydrogen-bond acceptors (Lipinski definition) is 4. The Bertz CT molecular complexity index is 2130. The third-order valence-corrected chi connectivity index (χ3v) is 7.67. The van der Waals surface area contributed by atoms with E-state index in [2.05, 4.69) is 101 Å². The van der Waals surface area contributed by atoms with Crippen molar-refractivity contribution < 1.29 is 0 Å². The number of benzene rings is 3. The molecule has 5 nitrogen and oxygen atoms in total. The second-order valence-corrected chi connectivity index (χ2v) is 10.5. The van der Waals surface area contributed by atoms with Crippen molar-refractivity contribution >= 4 is 27.4 Å². The molecule has 0 atom stereocenters. The van der Waals surface area contributed by atoms with Gasteiger partial charge in [-0.15, -0.1) is 0 Å². The molecule has 0 saturated heterocycles. The fourth-order valence-corrected chi connectivity index (χ4v) is 5.53. The molecule has 5 heteroatoms. The lowest BCUT2D eigenvalue weighted by atomic mass is 10.0. The molecule has 4 heterocycles. The van der Waals surface area contributed by atoms with E-state index in [1.807, 2.05) is 54.6 Å². The summed E-state index contributed by atoms with van der Waals surface area (Å²) in [6, 6.07) is 37.4. The summed E-state index contributed by atoms with van der Waals surface area (Å²) in [5.74, 6) is 0.560. The second-order valence-electron chi connectivity index (χ2n) is 10.5. The molecular weight excluding hydrogens is 538 g/mol. The molecule has 0 amide bonds. The van der Waals surface area contributed by atoms with Crippen molar-refractivity contribution in [2.45, 2.75) is 6.92 Å². The summed E-state index contributed by atoms with van der Waals surface area (Å²) < 4.78 is 2.33. The van der Waals surface area contributed by atoms with E-state index < -0.39 is 0 Å². The molecule has 0 spiro atoms. The first-order valence-electron chi connectivity index (χ1n) is 14.5. The van der Waals surface area contributed by atoms with E-state index in [4.69, 9.17) is 9.97 Å². The van der Waals surface area contributed by atoms with E-state index in [-0.39, 0.29) is 0 Å². The highest BCUT2D eigenvalue weighted by Crippen LogP contribution is 2.35. The molecular formula is C39H29N5. The fourth-order valence-electron chi connectivity index (χ4n) is 5.53. The van der Waals surface area contributed by atoms with Crippen LogP contribution in [-0.2, 0) is 0 Å². The van der Waals surface area contributed by atoms with Crippen molar-refractivity contribution in [2.24, 2.45) is 0 Å². The van der Waals surface area contributed by atoms with Gasteiger partial charge in [-0.05, 0) is 78.7 Å². The van der Waals surface area contributed by atoms with Crippen molar-refractivity contribution in [1.82, 2.24) is 24.5 Å². The van der Waals surface area contributed by atoms with Crippen molar-refractivity contribution in [3.63, 3.8) is 0 Å². The van der Waals surface area contributed by atoms with Crippen LogP contribution in [0.25, 0.3) is 67.2 Å². The van der Waals surface area contributed by atoms with Gasteiger partial charge in [-0.25, -0.2) is 9.97 Å². The Morgan fingerprint density at radius 2 is 1.39 bits per heavy atom. The van der Waals surface area contributed by atoms with Crippen LogP contribution in [0.4, 0.5) is 0 Å². The third kappa shape index (κ3) is 5.12. The lowest BCUT2D eigenvalue weighted by molar-refractivity contribution is 1.13. The number of fused-ring (bicyclic) bond motifs is 3. The summed E-state index contributed by atoms with van der Waals surface area (Å²) in [5.41, 5.74) is 9.76. The maximum Gasteiger partial charge on any atom is 0.179 e. The Kier molecular flexibility index (Phi) is 7.19. The Morgan fingerprint density at radius 3 is 2.18 bits per heavy atom. The first-order valence-corrected chi connectivity index (χ1v) is 14.5. The first-order chi connectivity index (χ1) is 21.7. The highest BCUT2D eigenvalue weighted by atomic mass is 15.0. The molecule has 44 heavy (non-hydrogen) atoms. The fraction of sp³-hybridized carbons (Fsp3) is 0.0256. The van der Waals surface area contributed by atoms with Gasteiger partial charge in [-0.2, -0.15) is 0 Å². The van der Waals surface area contributed by atoms with Gasteiger partial charge in [-0.3, -0.25) is 9.97 Å². The smallest absolute Gasteiger partial charge is 0.179 e. The summed E-state index contributed by atoms with van der Waals surface area (Å²) in [6.45, 7) is 5.90. The molecule has 7 rings (SSSR count). The molecule has 0 aliphatic rings. The standard InChI is InChI=1S/C39H29N5/c1-3-4-5-13-27(2)28-20-21-38-32(25-28)31-16-6-7-19-37(31)44(38)30-15-12-14-29(24-30)35-26-36(33-17-8-10-22-40-33)43-39(42-35)34-18-9-11-23-41-34/h3-26H,1H2,2H3/b5-4-,27-13+. The van der Waals surface area contributed by atoms with Gasteiger partial charge in [-0.1, -0.05) is 79.4 Å². The minimum Gasteiger partial charge on any atom is -0.309 e. The number of allylic oxidation sites excluding steroid dienone is 5. The van der Waals surface area contributed by atoms with E-state index in [1.54, 1.807) is 18.5 Å². The largest absolute Gasteiger partial charge is 0.309 e. The van der Waals surface area contributed by atoms with Gasteiger partial charge in [0.05, 0.1) is 28.1 Å². The molecule has 210 valence electrons. The van der Waals surface area contributed by atoms with Crippen LogP contribution >= 0.6 is 0 Å². The summed E-state index contributed by atoms with van der Waals surface area (Å²) in [4.78, 5) is 18.9. The zero-order valence-corrected chi connectivity index (χ0v) is 24.3. The topological polar surface area (TPSA) is 56.5 Å². The van der Waals surface area contributed by atoms with Crippen LogP contribution in [0.15, 0.2) is 152 Å². The Labute approximate surface area is 256 Å². The predicted octanol–water partition coefficient (Wildman–Crippen LogP) is 9.51. The Balaban J connectivity index is 1.39. The molecule has 0 unspecified atom stereocenters. The van der Waals surface area contributed by atoms with Crippen LogP contribution in [0.2, 0.25) is 0 Å². The van der Waals surface area contributed by atoms with Crippen molar-refractivity contribution in [3.05, 3.63) is 158 Å². The molecule has 0 bridgehead atoms. The maximum atomic E-state index is 4.98. The van der Waals surface area contributed by atoms with Crippen LogP contribution in [-0.4, -0.2) is 24.5 Å². The molecule has 0 fully saturated rings. The molecule has 0 N–H and O–H groups in total. The van der Waals surface area contributed by atoms with E-state index in [0.29, 0.717) is 11.5 Å². The zero-order chi connectivity index (χ0) is 29.9. The normalized spacial score (nSPS) is 11.9. The van der Waals surface area contributed by atoms with Gasteiger partial charge in [0.1, 0.15) is 5.69 Å². The molecule has 7 aromatic rings. The first kappa shape index (κ1) is 26.9. The van der Waals surface area contributed by atoms with Crippen LogP contribution in [0.1, 0.15) is 12.5 Å². The lowest BCUT2D eigenvalue weighted by Crippen LogP contribution is -1.99. The summed E-state index contributed by atoms with van der Waals surface area (Å²) in [5, 5.41) is 2.42. The van der Waals surface area contributed by atoms with Crippen molar-refractivity contribution in [2.75, 3.05) is 0 Å². The third-order valence-electron chi connectivity index (χ3n) is 7.67. The van der Waals surface area contributed by atoms with Gasteiger partial charge >= 0.3 is 0 Å². The zero-order valence-electron chi connectivity index (χ0n) is 24.3. The SMILES string of the molecule is C=C/C=C\C=C(/C)c1ccc2c(c1)c1ccccc1n2-c1cccc(-c2cc(-c3ccccn3)nc(-c3ccccn3)n2)c1. The van der Waals surface area contributed by atoms with Crippen LogP contribution < -0.4 is 0 Å². The molecule has 0 saturated carbocycles. The van der Waals surface area contributed by atoms with E-state index in [9.17, 15) is 0 Å². The predicted molar refractivity (Wildman–Crippen MR) is 181 cm³/mol. The molecule has 3 aromatic carbocycles. The maximum absolute atomic E-state index is 4.98. The average Bonchev–Trinajstić information content (AvgIpc) is 3.43. The molecule has 0 aliphatic carbocycles. The summed E-state index contributed by atoms with van der Waals surface area (Å²) in [7, 11) is 0. The van der Waals surface area contributed by atoms with E-state index >= 15 is 0 Å². The van der Waals surface area contributed by atoms with Crippen LogP contribution in [0, 0.1) is 0 Å². The number of para-hydroxylation sites is 1. The number of pyridine rings is 2. The summed E-state index contributed by atoms with van der Waals surface area (Å²) >= 11 is 0. The highest BCUT2D eigenvalue weighted by molar-refractivity contribution is 6.10. The number of hydrogen-bond donors (Lipinski definition) is 0.